The van der Waals surface area contributed by atoms with Crippen molar-refractivity contribution in [1.82, 2.24) is 0 Å². The van der Waals surface area contributed by atoms with E-state index in [9.17, 15) is 9.59 Å². The predicted molar refractivity (Wildman–Crippen MR) is 86.1 cm³/mol. The van der Waals surface area contributed by atoms with Crippen LogP contribution in [-0.2, 0) is 4.74 Å². The van der Waals surface area contributed by atoms with Crippen molar-refractivity contribution >= 4 is 11.8 Å². The van der Waals surface area contributed by atoms with Crippen molar-refractivity contribution in [2.24, 2.45) is 5.92 Å². The molecule has 3 heteroatoms. The molecular weight excluding hydrogens is 276 g/mol. The van der Waals surface area contributed by atoms with Crippen LogP contribution in [-0.4, -0.2) is 18.9 Å². The second-order valence-electron chi connectivity index (χ2n) is 5.42. The first-order chi connectivity index (χ1) is 10.5. The highest BCUT2D eigenvalue weighted by Gasteiger charge is 2.22. The van der Waals surface area contributed by atoms with Crippen LogP contribution in [0.4, 0.5) is 0 Å². The average molecular weight is 296 g/mol. The van der Waals surface area contributed by atoms with E-state index in [-0.39, 0.29) is 17.6 Å². The highest BCUT2D eigenvalue weighted by atomic mass is 16.5. The second-order valence-corrected chi connectivity index (χ2v) is 5.42. The van der Waals surface area contributed by atoms with E-state index in [1.54, 1.807) is 24.3 Å². The highest BCUT2D eigenvalue weighted by Crippen LogP contribution is 2.26. The number of esters is 1. The number of Topliss-reactive ketones (excluding diaryl/α,β-unsaturated/α-hetero) is 1. The van der Waals surface area contributed by atoms with Gasteiger partial charge in [-0.25, -0.2) is 4.79 Å². The minimum atomic E-state index is -0.398. The van der Waals surface area contributed by atoms with Crippen LogP contribution in [0.1, 0.15) is 46.0 Å². The molecule has 0 saturated heterocycles. The Morgan fingerprint density at radius 3 is 1.95 bits per heavy atom. The summed E-state index contributed by atoms with van der Waals surface area (Å²) in [5.41, 5.74) is 2.21. The van der Waals surface area contributed by atoms with Crippen LogP contribution in [0.5, 0.6) is 0 Å². The van der Waals surface area contributed by atoms with Crippen LogP contribution in [0.25, 0.3) is 0 Å². The molecule has 0 aromatic heterocycles. The van der Waals surface area contributed by atoms with E-state index in [1.807, 2.05) is 37.3 Å². The number of ketones is 1. The third kappa shape index (κ3) is 3.42. The van der Waals surface area contributed by atoms with Crippen molar-refractivity contribution in [3.63, 3.8) is 0 Å². The lowest BCUT2D eigenvalue weighted by atomic mass is 9.84. The molecule has 0 aliphatic heterocycles. The first kappa shape index (κ1) is 16.0. The molecule has 0 saturated carbocycles. The number of rotatable bonds is 5. The maximum Gasteiger partial charge on any atom is 0.337 e. The molecule has 2 atom stereocenters. The number of methoxy groups -OCH3 is 1. The third-order valence-corrected chi connectivity index (χ3v) is 4.08. The van der Waals surface area contributed by atoms with Crippen LogP contribution in [0, 0.1) is 5.92 Å². The van der Waals surface area contributed by atoms with Gasteiger partial charge in [0, 0.05) is 11.5 Å². The molecule has 2 aromatic carbocycles. The summed E-state index contributed by atoms with van der Waals surface area (Å²) in [6.45, 7) is 3.99. The zero-order valence-corrected chi connectivity index (χ0v) is 13.1. The van der Waals surface area contributed by atoms with Gasteiger partial charge in [0.1, 0.15) is 0 Å². The Kier molecular flexibility index (Phi) is 5.10. The summed E-state index contributed by atoms with van der Waals surface area (Å²) < 4.78 is 4.66. The van der Waals surface area contributed by atoms with Crippen molar-refractivity contribution in [3.05, 3.63) is 71.3 Å². The van der Waals surface area contributed by atoms with Gasteiger partial charge in [-0.1, -0.05) is 56.3 Å². The van der Waals surface area contributed by atoms with E-state index in [4.69, 9.17) is 0 Å². The summed E-state index contributed by atoms with van der Waals surface area (Å²) in [6.07, 6.45) is 0. The Balaban J connectivity index is 2.15. The van der Waals surface area contributed by atoms with Crippen molar-refractivity contribution in [3.8, 4) is 0 Å². The Hall–Kier alpha value is -2.42. The van der Waals surface area contributed by atoms with Gasteiger partial charge < -0.3 is 4.74 Å². The number of ether oxygens (including phenoxy) is 1. The smallest absolute Gasteiger partial charge is 0.337 e. The summed E-state index contributed by atoms with van der Waals surface area (Å²) in [5.74, 6) is -0.321. The van der Waals surface area contributed by atoms with E-state index >= 15 is 0 Å². The Morgan fingerprint density at radius 2 is 1.41 bits per heavy atom. The monoisotopic (exact) mass is 296 g/mol. The van der Waals surface area contributed by atoms with Crippen LogP contribution >= 0.6 is 0 Å². The molecule has 0 N–H and O–H groups in total. The maximum absolute atomic E-state index is 12.6. The molecule has 2 unspecified atom stereocenters. The molecule has 0 spiro atoms. The van der Waals surface area contributed by atoms with Crippen molar-refractivity contribution < 1.29 is 14.3 Å². The second kappa shape index (κ2) is 7.03. The Morgan fingerprint density at radius 1 is 0.864 bits per heavy atom. The Bertz CT molecular complexity index is 644. The van der Waals surface area contributed by atoms with Gasteiger partial charge in [0.15, 0.2) is 5.78 Å². The lowest BCUT2D eigenvalue weighted by molar-refractivity contribution is 0.0600. The van der Waals surface area contributed by atoms with Gasteiger partial charge in [-0.2, -0.15) is 0 Å². The van der Waals surface area contributed by atoms with E-state index < -0.39 is 5.97 Å². The van der Waals surface area contributed by atoms with Gasteiger partial charge >= 0.3 is 5.97 Å². The Labute approximate surface area is 130 Å². The number of carbonyl (C=O) groups excluding carboxylic acids is 2. The van der Waals surface area contributed by atoms with E-state index in [1.165, 1.54) is 7.11 Å². The van der Waals surface area contributed by atoms with Crippen LogP contribution in [0.15, 0.2) is 54.6 Å². The topological polar surface area (TPSA) is 43.4 Å². The summed E-state index contributed by atoms with van der Waals surface area (Å²) >= 11 is 0. The van der Waals surface area contributed by atoms with Gasteiger partial charge in [-0.05, 0) is 23.6 Å². The predicted octanol–water partition coefficient (Wildman–Crippen LogP) is 4.10. The molecule has 114 valence electrons. The van der Waals surface area contributed by atoms with Gasteiger partial charge in [-0.3, -0.25) is 4.79 Å². The SMILES string of the molecule is COC(=O)c1ccc(C(=O)C(C)C(C)c2ccccc2)cc1. The zero-order chi connectivity index (χ0) is 16.1. The van der Waals surface area contributed by atoms with E-state index in [0.717, 1.165) is 5.56 Å². The lowest BCUT2D eigenvalue weighted by Crippen LogP contribution is -2.18. The fraction of sp³-hybridized carbons (Fsp3) is 0.263. The molecule has 0 heterocycles. The summed E-state index contributed by atoms with van der Waals surface area (Å²) in [6, 6.07) is 16.6. The van der Waals surface area contributed by atoms with Gasteiger partial charge in [0.25, 0.3) is 0 Å². The molecule has 0 fully saturated rings. The molecule has 0 bridgehead atoms. The van der Waals surface area contributed by atoms with Crippen molar-refractivity contribution in [1.29, 1.82) is 0 Å². The summed E-state index contributed by atoms with van der Waals surface area (Å²) in [4.78, 5) is 24.0. The first-order valence-corrected chi connectivity index (χ1v) is 7.32. The molecule has 22 heavy (non-hydrogen) atoms. The number of hydrogen-bond acceptors (Lipinski definition) is 3. The number of benzene rings is 2. The quantitative estimate of drug-likeness (QED) is 0.616. The molecule has 0 aliphatic carbocycles. The fourth-order valence-electron chi connectivity index (χ4n) is 2.42. The molecular formula is C19H20O3. The number of carbonyl (C=O) groups is 2. The molecule has 0 radical (unpaired) electrons. The average Bonchev–Trinajstić information content (AvgIpc) is 2.60. The molecule has 2 aromatic rings. The normalized spacial score (nSPS) is 13.2. The van der Waals surface area contributed by atoms with Crippen LogP contribution in [0.3, 0.4) is 0 Å². The molecule has 0 amide bonds. The lowest BCUT2D eigenvalue weighted by Gasteiger charge is -2.19. The van der Waals surface area contributed by atoms with E-state index in [0.29, 0.717) is 11.1 Å². The molecule has 2 rings (SSSR count). The minimum Gasteiger partial charge on any atom is -0.465 e. The summed E-state index contributed by atoms with van der Waals surface area (Å²) in [7, 11) is 1.34. The van der Waals surface area contributed by atoms with Crippen molar-refractivity contribution in [2.45, 2.75) is 19.8 Å². The van der Waals surface area contributed by atoms with Crippen LogP contribution in [0.2, 0.25) is 0 Å². The fourth-order valence-corrected chi connectivity index (χ4v) is 2.42. The highest BCUT2D eigenvalue weighted by molar-refractivity contribution is 5.99. The third-order valence-electron chi connectivity index (χ3n) is 4.08. The van der Waals surface area contributed by atoms with Crippen molar-refractivity contribution in [2.75, 3.05) is 7.11 Å². The standard InChI is InChI=1S/C19H20O3/c1-13(15-7-5-4-6-8-15)14(2)18(20)16-9-11-17(12-10-16)19(21)22-3/h4-14H,1-3H3. The molecule has 0 aliphatic rings. The van der Waals surface area contributed by atoms with Gasteiger partial charge in [0.2, 0.25) is 0 Å². The zero-order valence-electron chi connectivity index (χ0n) is 13.1. The minimum absolute atomic E-state index is 0.0766. The number of hydrogen-bond donors (Lipinski definition) is 0. The van der Waals surface area contributed by atoms with E-state index in [2.05, 4.69) is 11.7 Å². The van der Waals surface area contributed by atoms with Crippen LogP contribution < -0.4 is 0 Å². The van der Waals surface area contributed by atoms with Gasteiger partial charge in [-0.15, -0.1) is 0 Å². The molecule has 3 nitrogen and oxygen atoms in total. The maximum atomic E-state index is 12.6. The largest absolute Gasteiger partial charge is 0.465 e. The first-order valence-electron chi connectivity index (χ1n) is 7.32. The summed E-state index contributed by atoms with van der Waals surface area (Å²) in [5, 5.41) is 0. The van der Waals surface area contributed by atoms with Gasteiger partial charge in [0.05, 0.1) is 12.7 Å².